The van der Waals surface area contributed by atoms with Crippen LogP contribution in [0.15, 0.2) is 42.6 Å². The van der Waals surface area contributed by atoms with Crippen LogP contribution in [0.3, 0.4) is 0 Å². The van der Waals surface area contributed by atoms with Crippen LogP contribution in [-0.2, 0) is 6.42 Å². The van der Waals surface area contributed by atoms with Gasteiger partial charge in [-0.1, -0.05) is 53.0 Å². The number of aromatic amines is 1. The third-order valence-corrected chi connectivity index (χ3v) is 4.37. The van der Waals surface area contributed by atoms with E-state index in [0.717, 1.165) is 16.5 Å². The van der Waals surface area contributed by atoms with Crippen LogP contribution >= 0.6 is 34.8 Å². The molecule has 0 bridgehead atoms. The van der Waals surface area contributed by atoms with Crippen LogP contribution in [0.5, 0.6) is 0 Å². The molecule has 2 nitrogen and oxygen atoms in total. The van der Waals surface area contributed by atoms with E-state index in [9.17, 15) is 4.79 Å². The van der Waals surface area contributed by atoms with Gasteiger partial charge < -0.3 is 4.98 Å². The first-order chi connectivity index (χ1) is 10.1. The van der Waals surface area contributed by atoms with E-state index in [0.29, 0.717) is 20.6 Å². The molecule has 0 radical (unpaired) electrons. The van der Waals surface area contributed by atoms with Gasteiger partial charge in [-0.3, -0.25) is 4.79 Å². The normalized spacial score (nSPS) is 11.0. The molecule has 3 aromatic rings. The Bertz CT molecular complexity index is 839. The molecule has 106 valence electrons. The van der Waals surface area contributed by atoms with Crippen molar-refractivity contribution in [3.63, 3.8) is 0 Å². The van der Waals surface area contributed by atoms with E-state index in [1.807, 2.05) is 12.1 Å². The van der Waals surface area contributed by atoms with Crippen molar-refractivity contribution in [2.45, 2.75) is 6.42 Å². The van der Waals surface area contributed by atoms with Crippen molar-refractivity contribution in [2.75, 3.05) is 0 Å². The van der Waals surface area contributed by atoms with Crippen LogP contribution in [0.4, 0.5) is 0 Å². The van der Waals surface area contributed by atoms with E-state index in [2.05, 4.69) is 4.98 Å². The summed E-state index contributed by atoms with van der Waals surface area (Å²) in [5.74, 6) is 0.00176. The number of Topliss-reactive ketones (excluding diaryl/α,β-unsaturated/α-hetero) is 1. The molecule has 0 amide bonds. The predicted molar refractivity (Wildman–Crippen MR) is 87.8 cm³/mol. The molecule has 1 heterocycles. The second-order valence-corrected chi connectivity index (χ2v) is 5.93. The molecule has 5 heteroatoms. The molecule has 1 aromatic heterocycles. The van der Waals surface area contributed by atoms with E-state index in [1.165, 1.54) is 0 Å². The highest BCUT2D eigenvalue weighted by Crippen LogP contribution is 2.27. The molecule has 1 N–H and O–H groups in total. The molecule has 0 aliphatic carbocycles. The fourth-order valence-electron chi connectivity index (χ4n) is 2.28. The van der Waals surface area contributed by atoms with Gasteiger partial charge in [0.15, 0.2) is 5.78 Å². The minimum absolute atomic E-state index is 0.00176. The Balaban J connectivity index is 1.94. The Kier molecular flexibility index (Phi) is 3.94. The molecule has 0 aliphatic rings. The van der Waals surface area contributed by atoms with E-state index >= 15 is 0 Å². The molecule has 3 rings (SSSR count). The van der Waals surface area contributed by atoms with Gasteiger partial charge in [-0.15, -0.1) is 0 Å². The fourth-order valence-corrected chi connectivity index (χ4v) is 2.83. The van der Waals surface area contributed by atoms with Gasteiger partial charge in [-0.05, 0) is 23.8 Å². The Morgan fingerprint density at radius 1 is 1.00 bits per heavy atom. The lowest BCUT2D eigenvalue weighted by Crippen LogP contribution is -2.02. The molecule has 0 saturated carbocycles. The van der Waals surface area contributed by atoms with Crippen LogP contribution in [-0.4, -0.2) is 10.8 Å². The summed E-state index contributed by atoms with van der Waals surface area (Å²) in [5, 5.41) is 2.35. The lowest BCUT2D eigenvalue weighted by Gasteiger charge is -2.03. The number of halogens is 3. The molecule has 21 heavy (non-hydrogen) atoms. The average molecular weight is 339 g/mol. The minimum Gasteiger partial charge on any atom is -0.359 e. The summed E-state index contributed by atoms with van der Waals surface area (Å²) in [6, 6.07) is 10.7. The van der Waals surface area contributed by atoms with Gasteiger partial charge >= 0.3 is 0 Å². The molecule has 2 aromatic carbocycles. The number of hydrogen-bond donors (Lipinski definition) is 1. The third-order valence-electron chi connectivity index (χ3n) is 3.31. The number of ketones is 1. The van der Waals surface area contributed by atoms with Crippen LogP contribution in [0, 0.1) is 0 Å². The van der Waals surface area contributed by atoms with Crippen LogP contribution in [0.1, 0.15) is 15.9 Å². The second-order valence-electron chi connectivity index (χ2n) is 4.71. The molecule has 0 saturated heterocycles. The fraction of sp³-hybridized carbons (Fsp3) is 0.0625. The minimum atomic E-state index is 0.00176. The Morgan fingerprint density at radius 3 is 2.57 bits per heavy atom. The first-order valence-electron chi connectivity index (χ1n) is 6.29. The highest BCUT2D eigenvalue weighted by atomic mass is 35.5. The van der Waals surface area contributed by atoms with Crippen molar-refractivity contribution in [3.05, 3.63) is 68.8 Å². The molecule has 0 fully saturated rings. The first-order valence-corrected chi connectivity index (χ1v) is 7.42. The molecular formula is C16H10Cl3NO. The van der Waals surface area contributed by atoms with Gasteiger partial charge in [0.2, 0.25) is 0 Å². The summed E-state index contributed by atoms with van der Waals surface area (Å²) in [5.41, 5.74) is 2.22. The zero-order valence-corrected chi connectivity index (χ0v) is 13.1. The summed E-state index contributed by atoms with van der Waals surface area (Å²) in [7, 11) is 0. The van der Waals surface area contributed by atoms with Crippen molar-refractivity contribution in [1.29, 1.82) is 0 Å². The van der Waals surface area contributed by atoms with Crippen molar-refractivity contribution in [2.24, 2.45) is 0 Å². The van der Waals surface area contributed by atoms with Gasteiger partial charge in [-0.25, -0.2) is 0 Å². The number of H-pyrrole nitrogens is 1. The maximum absolute atomic E-state index is 12.5. The Morgan fingerprint density at radius 2 is 1.81 bits per heavy atom. The number of carbonyl (C=O) groups excluding carboxylic acids is 1. The summed E-state index contributed by atoms with van der Waals surface area (Å²) in [4.78, 5) is 15.5. The maximum Gasteiger partial charge on any atom is 0.169 e. The zero-order chi connectivity index (χ0) is 15.0. The van der Waals surface area contributed by atoms with Crippen molar-refractivity contribution in [3.8, 4) is 0 Å². The lowest BCUT2D eigenvalue weighted by molar-refractivity contribution is 0.0994. The Hall–Kier alpha value is -1.48. The lowest BCUT2D eigenvalue weighted by atomic mass is 10.0. The zero-order valence-electron chi connectivity index (χ0n) is 10.8. The van der Waals surface area contributed by atoms with Crippen LogP contribution in [0.25, 0.3) is 10.9 Å². The molecule has 0 unspecified atom stereocenters. The smallest absolute Gasteiger partial charge is 0.169 e. The molecule has 0 aliphatic heterocycles. The van der Waals surface area contributed by atoms with Gasteiger partial charge in [0.1, 0.15) is 0 Å². The number of aromatic nitrogens is 1. The number of hydrogen-bond acceptors (Lipinski definition) is 1. The number of rotatable bonds is 3. The SMILES string of the molecule is O=C(Cc1ccc(Cl)c(Cl)c1)c1c[nH]c2c(Cl)cccc12. The average Bonchev–Trinajstić information content (AvgIpc) is 2.88. The molecule has 0 spiro atoms. The third kappa shape index (κ3) is 2.80. The van der Waals surface area contributed by atoms with Crippen LogP contribution in [0.2, 0.25) is 15.1 Å². The summed E-state index contributed by atoms with van der Waals surface area (Å²) >= 11 is 17.9. The largest absolute Gasteiger partial charge is 0.359 e. The predicted octanol–water partition coefficient (Wildman–Crippen LogP) is 5.55. The van der Waals surface area contributed by atoms with Crippen LogP contribution < -0.4 is 0 Å². The van der Waals surface area contributed by atoms with Gasteiger partial charge in [0.25, 0.3) is 0 Å². The standard InChI is InChI=1S/C16H10Cl3NO/c17-12-5-4-9(6-14(12)19)7-15(21)11-8-20-16-10(11)2-1-3-13(16)18/h1-6,8,20H,7H2. The van der Waals surface area contributed by atoms with E-state index < -0.39 is 0 Å². The number of nitrogens with one attached hydrogen (secondary N) is 1. The second kappa shape index (κ2) is 5.72. The number of benzene rings is 2. The van der Waals surface area contributed by atoms with Crippen molar-refractivity contribution in [1.82, 2.24) is 4.98 Å². The number of fused-ring (bicyclic) bond motifs is 1. The number of para-hydroxylation sites is 1. The van der Waals surface area contributed by atoms with E-state index in [-0.39, 0.29) is 12.2 Å². The quantitative estimate of drug-likeness (QED) is 0.624. The van der Waals surface area contributed by atoms with Crippen molar-refractivity contribution < 1.29 is 4.79 Å². The summed E-state index contributed by atoms with van der Waals surface area (Å²) in [6.07, 6.45) is 1.95. The Labute approximate surface area is 136 Å². The van der Waals surface area contributed by atoms with Gasteiger partial charge in [0, 0.05) is 23.6 Å². The van der Waals surface area contributed by atoms with E-state index in [1.54, 1.807) is 30.5 Å². The number of carbonyl (C=O) groups is 1. The monoisotopic (exact) mass is 337 g/mol. The summed E-state index contributed by atoms with van der Waals surface area (Å²) in [6.45, 7) is 0. The van der Waals surface area contributed by atoms with Gasteiger partial charge in [-0.2, -0.15) is 0 Å². The molecular weight excluding hydrogens is 329 g/mol. The highest BCUT2D eigenvalue weighted by molar-refractivity contribution is 6.42. The summed E-state index contributed by atoms with van der Waals surface area (Å²) < 4.78 is 0. The van der Waals surface area contributed by atoms with E-state index in [4.69, 9.17) is 34.8 Å². The first kappa shape index (κ1) is 14.5. The molecule has 0 atom stereocenters. The van der Waals surface area contributed by atoms with Crippen molar-refractivity contribution >= 4 is 51.5 Å². The highest BCUT2D eigenvalue weighted by Gasteiger charge is 2.14. The topological polar surface area (TPSA) is 32.9 Å². The van der Waals surface area contributed by atoms with Gasteiger partial charge in [0.05, 0.1) is 20.6 Å². The maximum atomic E-state index is 12.5.